The summed E-state index contributed by atoms with van der Waals surface area (Å²) in [5.41, 5.74) is 1.30. The molecule has 0 radical (unpaired) electrons. The Morgan fingerprint density at radius 3 is 2.57 bits per heavy atom. The molecule has 146 valence electrons. The molecule has 0 spiro atoms. The molecular formula is C21H21F2N3O2. The standard InChI is InChI=1S/C21H21F2N3O2/c22-15-4-6-17(7-5-15)25-10-8-18(20(25)27)21(28)26-11-9-24-13-19(26)14-2-1-3-16(23)12-14/h1-7,12,18-19,24H,8-11,13H2. The van der Waals surface area contributed by atoms with Crippen molar-refractivity contribution in [2.45, 2.75) is 12.5 Å². The van der Waals surface area contributed by atoms with Crippen molar-refractivity contribution in [2.24, 2.45) is 5.92 Å². The number of piperazine rings is 1. The first-order chi connectivity index (χ1) is 13.5. The molecule has 2 aliphatic heterocycles. The Kier molecular flexibility index (Phi) is 5.09. The molecule has 2 atom stereocenters. The van der Waals surface area contributed by atoms with Gasteiger partial charge in [0.25, 0.3) is 0 Å². The van der Waals surface area contributed by atoms with Gasteiger partial charge < -0.3 is 15.1 Å². The molecule has 0 saturated carbocycles. The lowest BCUT2D eigenvalue weighted by Gasteiger charge is -2.37. The quantitative estimate of drug-likeness (QED) is 0.826. The monoisotopic (exact) mass is 385 g/mol. The van der Waals surface area contributed by atoms with E-state index in [9.17, 15) is 18.4 Å². The highest BCUT2D eigenvalue weighted by Crippen LogP contribution is 2.30. The zero-order valence-corrected chi connectivity index (χ0v) is 15.3. The molecule has 4 rings (SSSR count). The molecule has 7 heteroatoms. The van der Waals surface area contributed by atoms with Crippen LogP contribution in [0.4, 0.5) is 14.5 Å². The number of hydrogen-bond donors (Lipinski definition) is 1. The Bertz CT molecular complexity index is 887. The first-order valence-corrected chi connectivity index (χ1v) is 9.38. The highest BCUT2D eigenvalue weighted by molar-refractivity contribution is 6.09. The minimum absolute atomic E-state index is 0.231. The summed E-state index contributed by atoms with van der Waals surface area (Å²) in [6.07, 6.45) is 0.412. The third-order valence-corrected chi connectivity index (χ3v) is 5.40. The molecular weight excluding hydrogens is 364 g/mol. The van der Waals surface area contributed by atoms with Crippen molar-refractivity contribution in [3.05, 3.63) is 65.7 Å². The van der Waals surface area contributed by atoms with Crippen LogP contribution in [0, 0.1) is 17.6 Å². The van der Waals surface area contributed by atoms with E-state index < -0.39 is 5.92 Å². The van der Waals surface area contributed by atoms with Crippen molar-refractivity contribution in [3.63, 3.8) is 0 Å². The van der Waals surface area contributed by atoms with Crippen molar-refractivity contribution in [3.8, 4) is 0 Å². The summed E-state index contributed by atoms with van der Waals surface area (Å²) in [5, 5.41) is 3.23. The summed E-state index contributed by atoms with van der Waals surface area (Å²) < 4.78 is 26.8. The lowest BCUT2D eigenvalue weighted by atomic mass is 9.99. The first kappa shape index (κ1) is 18.6. The van der Waals surface area contributed by atoms with Gasteiger partial charge in [0, 0.05) is 31.9 Å². The van der Waals surface area contributed by atoms with E-state index in [4.69, 9.17) is 0 Å². The van der Waals surface area contributed by atoms with Crippen LogP contribution in [0.1, 0.15) is 18.0 Å². The second-order valence-electron chi connectivity index (χ2n) is 7.11. The van der Waals surface area contributed by atoms with E-state index in [0.717, 1.165) is 0 Å². The van der Waals surface area contributed by atoms with E-state index in [-0.39, 0.29) is 29.5 Å². The number of amides is 2. The topological polar surface area (TPSA) is 52.7 Å². The minimum atomic E-state index is -0.765. The van der Waals surface area contributed by atoms with Gasteiger partial charge in [-0.25, -0.2) is 8.78 Å². The Labute approximate surface area is 161 Å². The van der Waals surface area contributed by atoms with Crippen LogP contribution in [0.5, 0.6) is 0 Å². The van der Waals surface area contributed by atoms with Crippen LogP contribution in [0.15, 0.2) is 48.5 Å². The summed E-state index contributed by atoms with van der Waals surface area (Å²) in [5.74, 6) is -1.99. The number of hydrogen-bond acceptors (Lipinski definition) is 3. The Morgan fingerprint density at radius 2 is 1.82 bits per heavy atom. The number of carbonyl (C=O) groups is 2. The van der Waals surface area contributed by atoms with E-state index in [1.165, 1.54) is 29.2 Å². The van der Waals surface area contributed by atoms with Gasteiger partial charge in [0.2, 0.25) is 11.8 Å². The van der Waals surface area contributed by atoms with E-state index in [1.54, 1.807) is 29.2 Å². The lowest BCUT2D eigenvalue weighted by molar-refractivity contribution is -0.142. The maximum absolute atomic E-state index is 13.7. The van der Waals surface area contributed by atoms with Gasteiger partial charge in [-0.2, -0.15) is 0 Å². The highest BCUT2D eigenvalue weighted by Gasteiger charge is 2.42. The molecule has 28 heavy (non-hydrogen) atoms. The molecule has 2 aliphatic rings. The van der Waals surface area contributed by atoms with Gasteiger partial charge in [-0.1, -0.05) is 12.1 Å². The number of halogens is 2. The Morgan fingerprint density at radius 1 is 1.04 bits per heavy atom. The Balaban J connectivity index is 1.54. The average Bonchev–Trinajstić information content (AvgIpc) is 3.09. The van der Waals surface area contributed by atoms with Crippen LogP contribution in [0.25, 0.3) is 0 Å². The highest BCUT2D eigenvalue weighted by atomic mass is 19.1. The summed E-state index contributed by atoms with van der Waals surface area (Å²) in [4.78, 5) is 29.3. The summed E-state index contributed by atoms with van der Waals surface area (Å²) in [7, 11) is 0. The average molecular weight is 385 g/mol. The van der Waals surface area contributed by atoms with Gasteiger partial charge in [0.1, 0.15) is 17.6 Å². The SMILES string of the molecule is O=C1C(C(=O)N2CCNCC2c2cccc(F)c2)CCN1c1ccc(F)cc1. The van der Waals surface area contributed by atoms with E-state index >= 15 is 0 Å². The number of nitrogens with zero attached hydrogens (tertiary/aromatic N) is 2. The van der Waals surface area contributed by atoms with Gasteiger partial charge in [-0.3, -0.25) is 9.59 Å². The summed E-state index contributed by atoms with van der Waals surface area (Å²) in [6, 6.07) is 11.6. The molecule has 5 nitrogen and oxygen atoms in total. The van der Waals surface area contributed by atoms with Crippen molar-refractivity contribution < 1.29 is 18.4 Å². The van der Waals surface area contributed by atoms with E-state index in [2.05, 4.69) is 5.32 Å². The number of carbonyl (C=O) groups excluding carboxylic acids is 2. The fourth-order valence-electron chi connectivity index (χ4n) is 3.97. The van der Waals surface area contributed by atoms with Crippen LogP contribution in [0.2, 0.25) is 0 Å². The maximum atomic E-state index is 13.7. The molecule has 0 aromatic heterocycles. The summed E-state index contributed by atoms with van der Waals surface area (Å²) in [6.45, 7) is 2.01. The zero-order valence-electron chi connectivity index (χ0n) is 15.3. The summed E-state index contributed by atoms with van der Waals surface area (Å²) >= 11 is 0. The van der Waals surface area contributed by atoms with Crippen LogP contribution < -0.4 is 10.2 Å². The second kappa shape index (κ2) is 7.67. The molecule has 2 amide bonds. The number of rotatable bonds is 3. The second-order valence-corrected chi connectivity index (χ2v) is 7.11. The normalized spacial score (nSPS) is 22.6. The molecule has 0 aliphatic carbocycles. The van der Waals surface area contributed by atoms with E-state index in [0.29, 0.717) is 43.9 Å². The largest absolute Gasteiger partial charge is 0.332 e. The van der Waals surface area contributed by atoms with Crippen LogP contribution >= 0.6 is 0 Å². The predicted octanol–water partition coefficient (Wildman–Crippen LogP) is 2.49. The molecule has 2 aromatic carbocycles. The van der Waals surface area contributed by atoms with Crippen molar-refractivity contribution in [1.82, 2.24) is 10.2 Å². The molecule has 1 N–H and O–H groups in total. The Hall–Kier alpha value is -2.80. The zero-order chi connectivity index (χ0) is 19.7. The lowest BCUT2D eigenvalue weighted by Crippen LogP contribution is -2.51. The minimum Gasteiger partial charge on any atom is -0.332 e. The van der Waals surface area contributed by atoms with Gasteiger partial charge in [0.05, 0.1) is 6.04 Å². The van der Waals surface area contributed by atoms with Gasteiger partial charge >= 0.3 is 0 Å². The van der Waals surface area contributed by atoms with Crippen molar-refractivity contribution in [2.75, 3.05) is 31.1 Å². The van der Waals surface area contributed by atoms with Gasteiger partial charge in [0.15, 0.2) is 0 Å². The van der Waals surface area contributed by atoms with Crippen LogP contribution in [-0.4, -0.2) is 42.9 Å². The van der Waals surface area contributed by atoms with E-state index in [1.807, 2.05) is 0 Å². The third-order valence-electron chi connectivity index (χ3n) is 5.40. The van der Waals surface area contributed by atoms with Crippen LogP contribution in [0.3, 0.4) is 0 Å². The molecule has 2 fully saturated rings. The van der Waals surface area contributed by atoms with Crippen molar-refractivity contribution >= 4 is 17.5 Å². The molecule has 2 aromatic rings. The predicted molar refractivity (Wildman–Crippen MR) is 101 cm³/mol. The van der Waals surface area contributed by atoms with Crippen molar-refractivity contribution in [1.29, 1.82) is 0 Å². The molecule has 2 unspecified atom stereocenters. The maximum Gasteiger partial charge on any atom is 0.239 e. The smallest absolute Gasteiger partial charge is 0.239 e. The fourth-order valence-corrected chi connectivity index (χ4v) is 3.97. The number of benzene rings is 2. The third kappa shape index (κ3) is 3.49. The van der Waals surface area contributed by atoms with Gasteiger partial charge in [-0.05, 0) is 48.4 Å². The first-order valence-electron chi connectivity index (χ1n) is 9.38. The van der Waals surface area contributed by atoms with Gasteiger partial charge in [-0.15, -0.1) is 0 Å². The number of nitrogens with one attached hydrogen (secondary N) is 1. The molecule has 2 heterocycles. The number of anilines is 1. The fraction of sp³-hybridized carbons (Fsp3) is 0.333. The molecule has 2 saturated heterocycles. The van der Waals surface area contributed by atoms with Crippen LogP contribution in [-0.2, 0) is 9.59 Å². The molecule has 0 bridgehead atoms.